The molecule has 0 saturated carbocycles. The summed E-state index contributed by atoms with van der Waals surface area (Å²) in [7, 11) is 0. The Hall–Kier alpha value is -0.340. The van der Waals surface area contributed by atoms with Gasteiger partial charge in [0.05, 0.1) is 0 Å². The summed E-state index contributed by atoms with van der Waals surface area (Å²) in [5.41, 5.74) is 5.99. The van der Waals surface area contributed by atoms with Crippen molar-refractivity contribution in [1.29, 1.82) is 0 Å². The fourth-order valence-corrected chi connectivity index (χ4v) is 1.63. The van der Waals surface area contributed by atoms with Gasteiger partial charge >= 0.3 is 0 Å². The molecule has 70 valence electrons. The zero-order valence-electron chi connectivity index (χ0n) is 8.38. The molecule has 0 aromatic carbocycles. The lowest BCUT2D eigenvalue weighted by atomic mass is 9.87. The van der Waals surface area contributed by atoms with Gasteiger partial charge in [0.2, 0.25) is 0 Å². The molecule has 0 spiro atoms. The third-order valence-corrected chi connectivity index (χ3v) is 3.20. The Morgan fingerprint density at radius 1 is 1.42 bits per heavy atom. The highest BCUT2D eigenvalue weighted by atomic mass is 15.2. The number of hydrogen-bond donors (Lipinski definition) is 1. The third-order valence-electron chi connectivity index (χ3n) is 3.20. The molecule has 1 aliphatic rings. The number of nitrogens with zero attached hydrogens (tertiary/aromatic N) is 1. The Kier molecular flexibility index (Phi) is 2.91. The first kappa shape index (κ1) is 9.75. The number of hydrogen-bond acceptors (Lipinski definition) is 2. The van der Waals surface area contributed by atoms with Crippen LogP contribution < -0.4 is 5.73 Å². The molecule has 1 rings (SSSR count). The largest absolute Gasteiger partial charge is 0.329 e. The minimum absolute atomic E-state index is 0.170. The van der Waals surface area contributed by atoms with Crippen LogP contribution in [0.1, 0.15) is 20.8 Å². The Morgan fingerprint density at radius 2 is 1.92 bits per heavy atom. The summed E-state index contributed by atoms with van der Waals surface area (Å²) in [5, 5.41) is 0. The maximum atomic E-state index is 5.82. The van der Waals surface area contributed by atoms with E-state index >= 15 is 0 Å². The van der Waals surface area contributed by atoms with Gasteiger partial charge < -0.3 is 5.73 Å². The van der Waals surface area contributed by atoms with Crippen LogP contribution in [0.3, 0.4) is 0 Å². The van der Waals surface area contributed by atoms with E-state index in [0.29, 0.717) is 5.92 Å². The van der Waals surface area contributed by atoms with Crippen LogP contribution in [-0.2, 0) is 0 Å². The van der Waals surface area contributed by atoms with Gasteiger partial charge in [0.1, 0.15) is 0 Å². The maximum Gasteiger partial charge on any atom is 0.0333 e. The van der Waals surface area contributed by atoms with E-state index < -0.39 is 0 Å². The monoisotopic (exact) mass is 168 g/mol. The van der Waals surface area contributed by atoms with E-state index in [1.54, 1.807) is 0 Å². The van der Waals surface area contributed by atoms with Gasteiger partial charge in [0.15, 0.2) is 0 Å². The quantitative estimate of drug-likeness (QED) is 0.642. The first-order valence-corrected chi connectivity index (χ1v) is 4.71. The Labute approximate surface area is 75.4 Å². The highest BCUT2D eigenvalue weighted by Crippen LogP contribution is 2.24. The van der Waals surface area contributed by atoms with Crippen molar-refractivity contribution in [2.75, 3.05) is 19.6 Å². The van der Waals surface area contributed by atoms with Crippen molar-refractivity contribution in [2.45, 2.75) is 26.3 Å². The lowest BCUT2D eigenvalue weighted by Crippen LogP contribution is -2.54. The SMILES string of the molecule is CC(C)C(C)(CN)N1CC=CC1. The standard InChI is InChI=1S/C10H20N2/c1-9(2)10(3,8-11)12-6-4-5-7-12/h4-5,9H,6-8,11H2,1-3H3. The van der Waals surface area contributed by atoms with Crippen molar-refractivity contribution >= 4 is 0 Å². The topological polar surface area (TPSA) is 29.3 Å². The van der Waals surface area contributed by atoms with E-state index in [9.17, 15) is 0 Å². The molecule has 2 heteroatoms. The zero-order valence-corrected chi connectivity index (χ0v) is 8.38. The van der Waals surface area contributed by atoms with E-state index in [2.05, 4.69) is 37.8 Å². The van der Waals surface area contributed by atoms with E-state index in [0.717, 1.165) is 19.6 Å². The molecule has 0 radical (unpaired) electrons. The summed E-state index contributed by atoms with van der Waals surface area (Å²) in [6.45, 7) is 9.60. The zero-order chi connectivity index (χ0) is 9.19. The van der Waals surface area contributed by atoms with Crippen molar-refractivity contribution < 1.29 is 0 Å². The van der Waals surface area contributed by atoms with E-state index in [4.69, 9.17) is 5.73 Å². The maximum absolute atomic E-state index is 5.82. The van der Waals surface area contributed by atoms with E-state index in [1.807, 2.05) is 0 Å². The minimum atomic E-state index is 0.170. The van der Waals surface area contributed by atoms with E-state index in [1.165, 1.54) is 0 Å². The summed E-state index contributed by atoms with van der Waals surface area (Å²) in [6.07, 6.45) is 4.44. The first-order chi connectivity index (χ1) is 5.61. The van der Waals surface area contributed by atoms with Crippen LogP contribution in [0.2, 0.25) is 0 Å². The molecule has 0 amide bonds. The average molecular weight is 168 g/mol. The smallest absolute Gasteiger partial charge is 0.0333 e. The fraction of sp³-hybridized carbons (Fsp3) is 0.800. The molecular weight excluding hydrogens is 148 g/mol. The molecule has 1 unspecified atom stereocenters. The summed E-state index contributed by atoms with van der Waals surface area (Å²) in [6, 6.07) is 0. The lowest BCUT2D eigenvalue weighted by molar-refractivity contribution is 0.0991. The molecule has 1 atom stereocenters. The van der Waals surface area contributed by atoms with Crippen LogP contribution in [-0.4, -0.2) is 30.1 Å². The van der Waals surface area contributed by atoms with Gasteiger partial charge in [0.25, 0.3) is 0 Å². The Morgan fingerprint density at radius 3 is 2.25 bits per heavy atom. The molecule has 12 heavy (non-hydrogen) atoms. The molecule has 0 aromatic heterocycles. The summed E-state index contributed by atoms with van der Waals surface area (Å²) < 4.78 is 0. The highest BCUT2D eigenvalue weighted by molar-refractivity contribution is 5.03. The summed E-state index contributed by atoms with van der Waals surface area (Å²) in [5.74, 6) is 0.613. The minimum Gasteiger partial charge on any atom is -0.329 e. The van der Waals surface area contributed by atoms with Crippen LogP contribution in [0.4, 0.5) is 0 Å². The first-order valence-electron chi connectivity index (χ1n) is 4.71. The molecule has 0 bridgehead atoms. The molecular formula is C10H20N2. The normalized spacial score (nSPS) is 23.4. The molecule has 0 aromatic rings. The molecule has 2 nitrogen and oxygen atoms in total. The molecule has 0 aliphatic carbocycles. The second-order valence-corrected chi connectivity index (χ2v) is 4.09. The van der Waals surface area contributed by atoms with Crippen molar-refractivity contribution in [3.05, 3.63) is 12.2 Å². The molecule has 0 fully saturated rings. The van der Waals surface area contributed by atoms with Gasteiger partial charge in [-0.25, -0.2) is 0 Å². The van der Waals surface area contributed by atoms with Gasteiger partial charge in [-0.2, -0.15) is 0 Å². The molecule has 0 saturated heterocycles. The van der Waals surface area contributed by atoms with Crippen molar-refractivity contribution in [3.8, 4) is 0 Å². The van der Waals surface area contributed by atoms with Crippen LogP contribution in [0.25, 0.3) is 0 Å². The molecule has 2 N–H and O–H groups in total. The predicted molar refractivity (Wildman–Crippen MR) is 53.0 cm³/mol. The number of nitrogens with two attached hydrogens (primary N) is 1. The Bertz CT molecular complexity index is 167. The van der Waals surface area contributed by atoms with Crippen LogP contribution in [0.5, 0.6) is 0 Å². The predicted octanol–water partition coefficient (Wildman–Crippen LogP) is 1.23. The van der Waals surface area contributed by atoms with Gasteiger partial charge in [-0.15, -0.1) is 0 Å². The van der Waals surface area contributed by atoms with Crippen molar-refractivity contribution in [3.63, 3.8) is 0 Å². The average Bonchev–Trinajstić information content (AvgIpc) is 2.54. The molecule has 1 heterocycles. The van der Waals surface area contributed by atoms with Crippen molar-refractivity contribution in [1.82, 2.24) is 4.90 Å². The third kappa shape index (κ3) is 1.54. The van der Waals surface area contributed by atoms with Crippen molar-refractivity contribution in [2.24, 2.45) is 11.7 Å². The number of rotatable bonds is 3. The van der Waals surface area contributed by atoms with Crippen LogP contribution in [0.15, 0.2) is 12.2 Å². The fourth-order valence-electron chi connectivity index (χ4n) is 1.63. The van der Waals surface area contributed by atoms with Crippen LogP contribution in [0, 0.1) is 5.92 Å². The summed E-state index contributed by atoms with van der Waals surface area (Å²) >= 11 is 0. The highest BCUT2D eigenvalue weighted by Gasteiger charge is 2.33. The second kappa shape index (κ2) is 3.58. The summed E-state index contributed by atoms with van der Waals surface area (Å²) in [4.78, 5) is 2.44. The van der Waals surface area contributed by atoms with Crippen LogP contribution >= 0.6 is 0 Å². The van der Waals surface area contributed by atoms with Gasteiger partial charge in [-0.05, 0) is 12.8 Å². The van der Waals surface area contributed by atoms with Gasteiger partial charge in [-0.1, -0.05) is 26.0 Å². The molecule has 1 aliphatic heterocycles. The Balaban J connectivity index is 2.65. The van der Waals surface area contributed by atoms with Gasteiger partial charge in [0, 0.05) is 25.2 Å². The van der Waals surface area contributed by atoms with E-state index in [-0.39, 0.29) is 5.54 Å². The lowest BCUT2D eigenvalue weighted by Gasteiger charge is -2.41. The second-order valence-electron chi connectivity index (χ2n) is 4.09. The van der Waals surface area contributed by atoms with Gasteiger partial charge in [-0.3, -0.25) is 4.90 Å².